The van der Waals surface area contributed by atoms with E-state index in [0.717, 1.165) is 5.56 Å². The van der Waals surface area contributed by atoms with Gasteiger partial charge in [-0.25, -0.2) is 0 Å². The van der Waals surface area contributed by atoms with Gasteiger partial charge in [0.15, 0.2) is 0 Å². The van der Waals surface area contributed by atoms with Crippen molar-refractivity contribution in [2.75, 3.05) is 20.3 Å². The van der Waals surface area contributed by atoms with E-state index in [1.807, 2.05) is 43.3 Å². The number of nitrogens with zero attached hydrogens (tertiary/aromatic N) is 1. The molecule has 0 spiro atoms. The van der Waals surface area contributed by atoms with Gasteiger partial charge in [0.05, 0.1) is 12.2 Å². The number of ether oxygens (including phenoxy) is 3. The van der Waals surface area contributed by atoms with Gasteiger partial charge in [-0.1, -0.05) is 40.2 Å². The lowest BCUT2D eigenvalue weighted by molar-refractivity contribution is -0.142. The number of carbonyl (C=O) groups excluding carboxylic acids is 2. The molecular weight excluding hydrogens is 438 g/mol. The number of hydrogen-bond donors (Lipinski definition) is 0. The lowest BCUT2D eigenvalue weighted by Crippen LogP contribution is -2.58. The van der Waals surface area contributed by atoms with E-state index in [2.05, 4.69) is 15.9 Å². The number of para-hydroxylation sites is 1. The molecule has 154 valence electrons. The fourth-order valence-electron chi connectivity index (χ4n) is 3.02. The molecule has 3 rings (SSSR count). The van der Waals surface area contributed by atoms with Gasteiger partial charge in [-0.15, -0.1) is 0 Å². The highest BCUT2D eigenvalue weighted by atomic mass is 79.9. The summed E-state index contributed by atoms with van der Waals surface area (Å²) in [5.41, 5.74) is 0.603. The summed E-state index contributed by atoms with van der Waals surface area (Å²) in [6.07, 6.45) is 0.522. The molecule has 2 atom stereocenters. The maximum atomic E-state index is 12.6. The maximum Gasteiger partial charge on any atom is 0.320 e. The van der Waals surface area contributed by atoms with E-state index in [9.17, 15) is 9.59 Å². The van der Waals surface area contributed by atoms with E-state index >= 15 is 0 Å². The van der Waals surface area contributed by atoms with E-state index in [0.29, 0.717) is 30.1 Å². The average molecular weight is 462 g/mol. The standard InChI is InChI=1S/C22H24BrNO5/c1-4-27-21(26)18(23)13-15-9-11-16(12-10-15)28-14-22(2)24(3)20(25)17-7-5-6-8-19(17)29-22/h5-12,18H,4,13-14H2,1-3H3. The summed E-state index contributed by atoms with van der Waals surface area (Å²) in [6, 6.07) is 14.7. The molecule has 1 amide bonds. The number of amides is 1. The van der Waals surface area contributed by atoms with Crippen molar-refractivity contribution in [3.63, 3.8) is 0 Å². The van der Waals surface area contributed by atoms with Gasteiger partial charge in [0.1, 0.15) is 22.9 Å². The number of likely N-dealkylation sites (N-methyl/N-ethyl adjacent to an activating group) is 1. The molecule has 1 aliphatic heterocycles. The topological polar surface area (TPSA) is 65.1 Å². The van der Waals surface area contributed by atoms with E-state index in [4.69, 9.17) is 14.2 Å². The van der Waals surface area contributed by atoms with Crippen LogP contribution in [-0.2, 0) is 16.0 Å². The Balaban J connectivity index is 1.63. The minimum atomic E-state index is -0.922. The van der Waals surface area contributed by atoms with Crippen molar-refractivity contribution in [2.24, 2.45) is 0 Å². The molecule has 6 nitrogen and oxygen atoms in total. The first-order chi connectivity index (χ1) is 13.8. The van der Waals surface area contributed by atoms with E-state index in [-0.39, 0.29) is 23.3 Å². The second-order valence-corrected chi connectivity index (χ2v) is 8.10. The SMILES string of the molecule is CCOC(=O)C(Br)Cc1ccc(OCC2(C)Oc3ccccc3C(=O)N2C)cc1. The zero-order valence-electron chi connectivity index (χ0n) is 16.7. The van der Waals surface area contributed by atoms with Crippen LogP contribution < -0.4 is 9.47 Å². The maximum absolute atomic E-state index is 12.6. The number of alkyl halides is 1. The van der Waals surface area contributed by atoms with Crippen LogP contribution in [0.1, 0.15) is 29.8 Å². The van der Waals surface area contributed by atoms with Crippen LogP contribution in [0.3, 0.4) is 0 Å². The molecule has 0 saturated carbocycles. The summed E-state index contributed by atoms with van der Waals surface area (Å²) in [7, 11) is 1.70. The number of hydrogen-bond acceptors (Lipinski definition) is 5. The fourth-order valence-corrected chi connectivity index (χ4v) is 3.53. The molecule has 0 fully saturated rings. The van der Waals surface area contributed by atoms with Crippen LogP contribution >= 0.6 is 15.9 Å². The third-order valence-electron chi connectivity index (χ3n) is 4.85. The van der Waals surface area contributed by atoms with E-state index < -0.39 is 5.72 Å². The Bertz CT molecular complexity index is 885. The first-order valence-electron chi connectivity index (χ1n) is 9.42. The Morgan fingerprint density at radius 3 is 2.59 bits per heavy atom. The van der Waals surface area contributed by atoms with Gasteiger partial charge in [0.25, 0.3) is 5.91 Å². The number of benzene rings is 2. The Morgan fingerprint density at radius 2 is 1.90 bits per heavy atom. The second-order valence-electron chi connectivity index (χ2n) is 6.99. The largest absolute Gasteiger partial charge is 0.487 e. The molecule has 7 heteroatoms. The van der Waals surface area contributed by atoms with Crippen molar-refractivity contribution >= 4 is 27.8 Å². The number of fused-ring (bicyclic) bond motifs is 1. The van der Waals surface area contributed by atoms with E-state index in [1.165, 1.54) is 0 Å². The van der Waals surface area contributed by atoms with Crippen LogP contribution in [0, 0.1) is 0 Å². The first kappa shape index (κ1) is 21.2. The van der Waals surface area contributed by atoms with Crippen LogP contribution in [0.2, 0.25) is 0 Å². The molecule has 0 aromatic heterocycles. The number of carbonyl (C=O) groups is 2. The van der Waals surface area contributed by atoms with Crippen LogP contribution in [0.5, 0.6) is 11.5 Å². The molecule has 0 saturated heterocycles. The predicted octanol–water partition coefficient (Wildman–Crippen LogP) is 3.82. The summed E-state index contributed by atoms with van der Waals surface area (Å²) < 4.78 is 17.0. The Labute approximate surface area is 178 Å². The number of rotatable bonds is 7. The molecular formula is C22H24BrNO5. The average Bonchev–Trinajstić information content (AvgIpc) is 2.72. The molecule has 1 aliphatic rings. The normalized spacial score (nSPS) is 19.2. The lowest BCUT2D eigenvalue weighted by atomic mass is 10.1. The monoisotopic (exact) mass is 461 g/mol. The van der Waals surface area contributed by atoms with Crippen LogP contribution in [-0.4, -0.2) is 47.6 Å². The van der Waals surface area contributed by atoms with Gasteiger partial charge >= 0.3 is 5.97 Å². The molecule has 0 bridgehead atoms. The molecule has 29 heavy (non-hydrogen) atoms. The number of halogens is 1. The quantitative estimate of drug-likeness (QED) is 0.463. The highest BCUT2D eigenvalue weighted by Gasteiger charge is 2.41. The van der Waals surface area contributed by atoms with Gasteiger partial charge in [0, 0.05) is 7.05 Å². The van der Waals surface area contributed by atoms with E-state index in [1.54, 1.807) is 31.0 Å². The summed E-state index contributed by atoms with van der Waals surface area (Å²) >= 11 is 3.36. The van der Waals surface area contributed by atoms with Crippen LogP contribution in [0.15, 0.2) is 48.5 Å². The summed E-state index contributed by atoms with van der Waals surface area (Å²) in [6.45, 7) is 4.14. The highest BCUT2D eigenvalue weighted by molar-refractivity contribution is 9.10. The fraction of sp³-hybridized carbons (Fsp3) is 0.364. The summed E-state index contributed by atoms with van der Waals surface area (Å²) in [5, 5.41) is 0. The van der Waals surface area contributed by atoms with Gasteiger partial charge in [-0.05, 0) is 50.1 Å². The van der Waals surface area contributed by atoms with Crippen molar-refractivity contribution in [3.05, 3.63) is 59.7 Å². The third-order valence-corrected chi connectivity index (χ3v) is 5.55. The Hall–Kier alpha value is -2.54. The minimum absolute atomic E-state index is 0.101. The Morgan fingerprint density at radius 1 is 1.21 bits per heavy atom. The molecule has 2 aromatic carbocycles. The predicted molar refractivity (Wildman–Crippen MR) is 113 cm³/mol. The zero-order valence-corrected chi connectivity index (χ0v) is 18.3. The molecule has 0 aliphatic carbocycles. The molecule has 0 radical (unpaired) electrons. The highest BCUT2D eigenvalue weighted by Crippen LogP contribution is 2.33. The van der Waals surface area contributed by atoms with Crippen molar-refractivity contribution in [3.8, 4) is 11.5 Å². The van der Waals surface area contributed by atoms with Crippen molar-refractivity contribution in [1.29, 1.82) is 0 Å². The van der Waals surface area contributed by atoms with Gasteiger partial charge in [-0.3, -0.25) is 9.59 Å². The van der Waals surface area contributed by atoms with Crippen molar-refractivity contribution in [2.45, 2.75) is 30.8 Å². The number of esters is 1. The third kappa shape index (κ3) is 4.72. The molecule has 1 heterocycles. The van der Waals surface area contributed by atoms with Crippen LogP contribution in [0.4, 0.5) is 0 Å². The Kier molecular flexibility index (Phi) is 6.47. The smallest absolute Gasteiger partial charge is 0.320 e. The second kappa shape index (κ2) is 8.86. The van der Waals surface area contributed by atoms with Gasteiger partial charge in [-0.2, -0.15) is 0 Å². The summed E-state index contributed by atoms with van der Waals surface area (Å²) in [5.74, 6) is 0.832. The molecule has 0 N–H and O–H groups in total. The van der Waals surface area contributed by atoms with Gasteiger partial charge in [0.2, 0.25) is 5.72 Å². The first-order valence-corrected chi connectivity index (χ1v) is 10.3. The lowest BCUT2D eigenvalue weighted by Gasteiger charge is -2.42. The zero-order chi connectivity index (χ0) is 21.0. The van der Waals surface area contributed by atoms with Crippen LogP contribution in [0.25, 0.3) is 0 Å². The van der Waals surface area contributed by atoms with Crippen molar-refractivity contribution < 1.29 is 23.8 Å². The minimum Gasteiger partial charge on any atom is -0.487 e. The van der Waals surface area contributed by atoms with Gasteiger partial charge < -0.3 is 19.1 Å². The molecule has 2 unspecified atom stereocenters. The molecule has 2 aromatic rings. The summed E-state index contributed by atoms with van der Waals surface area (Å²) in [4.78, 5) is 25.5. The van der Waals surface area contributed by atoms with Crippen molar-refractivity contribution in [1.82, 2.24) is 4.90 Å².